The van der Waals surface area contributed by atoms with Gasteiger partial charge in [-0.05, 0) is 12.1 Å². The third-order valence-electron chi connectivity index (χ3n) is 2.26. The van der Waals surface area contributed by atoms with Crippen LogP contribution in [0.3, 0.4) is 0 Å². The minimum absolute atomic E-state index is 0.0626. The van der Waals surface area contributed by atoms with Gasteiger partial charge >= 0.3 is 5.69 Å². The molecule has 2 aromatic rings. The summed E-state index contributed by atoms with van der Waals surface area (Å²) >= 11 is 0. The van der Waals surface area contributed by atoms with E-state index in [-0.39, 0.29) is 10.6 Å². The van der Waals surface area contributed by atoms with Crippen molar-refractivity contribution >= 4 is 9.84 Å². The average molecular weight is 266 g/mol. The molecule has 2 rings (SSSR count). The zero-order valence-electron chi connectivity index (χ0n) is 9.21. The molecule has 1 heterocycles. The number of aromatic amines is 2. The first kappa shape index (κ1) is 12.3. The number of rotatable bonds is 3. The van der Waals surface area contributed by atoms with Crippen molar-refractivity contribution in [2.45, 2.75) is 10.6 Å². The van der Waals surface area contributed by atoms with Crippen LogP contribution in [0.1, 0.15) is 5.69 Å². The molecule has 0 spiro atoms. The van der Waals surface area contributed by atoms with Crippen molar-refractivity contribution in [2.75, 3.05) is 0 Å². The lowest BCUT2D eigenvalue weighted by Crippen LogP contribution is -2.24. The minimum atomic E-state index is -3.57. The summed E-state index contributed by atoms with van der Waals surface area (Å²) in [4.78, 5) is 26.5. The smallest absolute Gasteiger partial charge is 0.310 e. The van der Waals surface area contributed by atoms with E-state index in [2.05, 4.69) is 4.98 Å². The van der Waals surface area contributed by atoms with Gasteiger partial charge in [0.1, 0.15) is 0 Å². The van der Waals surface area contributed by atoms with Crippen molar-refractivity contribution in [1.29, 1.82) is 0 Å². The predicted molar refractivity (Wildman–Crippen MR) is 65.0 cm³/mol. The highest BCUT2D eigenvalue weighted by molar-refractivity contribution is 7.90. The van der Waals surface area contributed by atoms with Crippen LogP contribution in [0.25, 0.3) is 0 Å². The first-order chi connectivity index (χ1) is 8.47. The molecule has 1 aromatic carbocycles. The molecule has 0 atom stereocenters. The van der Waals surface area contributed by atoms with Crippen LogP contribution in [0.5, 0.6) is 0 Å². The van der Waals surface area contributed by atoms with Crippen LogP contribution < -0.4 is 11.2 Å². The fourth-order valence-electron chi connectivity index (χ4n) is 1.51. The van der Waals surface area contributed by atoms with E-state index in [9.17, 15) is 18.0 Å². The van der Waals surface area contributed by atoms with Crippen molar-refractivity contribution in [2.24, 2.45) is 0 Å². The number of nitrogens with one attached hydrogen (secondary N) is 2. The number of sulfone groups is 1. The van der Waals surface area contributed by atoms with E-state index < -0.39 is 26.8 Å². The second-order valence-electron chi connectivity index (χ2n) is 3.69. The van der Waals surface area contributed by atoms with E-state index in [1.807, 2.05) is 4.98 Å². The summed E-state index contributed by atoms with van der Waals surface area (Å²) in [6.45, 7) is 0. The van der Waals surface area contributed by atoms with Gasteiger partial charge in [-0.25, -0.2) is 13.2 Å². The van der Waals surface area contributed by atoms with Gasteiger partial charge in [0.05, 0.1) is 10.6 Å². The molecule has 0 saturated carbocycles. The Labute approximate surface area is 102 Å². The third-order valence-corrected chi connectivity index (χ3v) is 3.95. The van der Waals surface area contributed by atoms with Crippen LogP contribution in [-0.4, -0.2) is 18.4 Å². The highest BCUT2D eigenvalue weighted by Crippen LogP contribution is 2.13. The first-order valence-corrected chi connectivity index (χ1v) is 6.73. The number of hydrogen-bond acceptors (Lipinski definition) is 4. The van der Waals surface area contributed by atoms with E-state index in [1.54, 1.807) is 18.2 Å². The Morgan fingerprint density at radius 2 is 1.67 bits per heavy atom. The molecule has 0 bridgehead atoms. The van der Waals surface area contributed by atoms with Gasteiger partial charge in [-0.15, -0.1) is 0 Å². The molecule has 0 radical (unpaired) electrons. The van der Waals surface area contributed by atoms with Crippen molar-refractivity contribution in [1.82, 2.24) is 9.97 Å². The maximum absolute atomic E-state index is 12.0. The van der Waals surface area contributed by atoms with Gasteiger partial charge in [-0.2, -0.15) is 0 Å². The fourth-order valence-corrected chi connectivity index (χ4v) is 2.82. The Balaban J connectivity index is 2.40. The molecule has 0 aliphatic heterocycles. The summed E-state index contributed by atoms with van der Waals surface area (Å²) in [5, 5.41) is 0. The number of H-pyrrole nitrogens is 2. The van der Waals surface area contributed by atoms with Crippen molar-refractivity contribution in [3.63, 3.8) is 0 Å². The molecule has 7 heteroatoms. The minimum Gasteiger partial charge on any atom is -0.310 e. The summed E-state index contributed by atoms with van der Waals surface area (Å²) in [6, 6.07) is 8.89. The largest absolute Gasteiger partial charge is 0.325 e. The van der Waals surface area contributed by atoms with E-state index in [4.69, 9.17) is 0 Å². The first-order valence-electron chi connectivity index (χ1n) is 5.08. The Morgan fingerprint density at radius 1 is 1.00 bits per heavy atom. The number of benzene rings is 1. The van der Waals surface area contributed by atoms with E-state index in [1.165, 1.54) is 12.1 Å². The monoisotopic (exact) mass is 266 g/mol. The lowest BCUT2D eigenvalue weighted by atomic mass is 10.4. The van der Waals surface area contributed by atoms with Gasteiger partial charge in [0.15, 0.2) is 9.84 Å². The van der Waals surface area contributed by atoms with Gasteiger partial charge < -0.3 is 4.98 Å². The normalized spacial score (nSPS) is 11.3. The van der Waals surface area contributed by atoms with Gasteiger partial charge in [-0.1, -0.05) is 18.2 Å². The van der Waals surface area contributed by atoms with Crippen molar-refractivity contribution in [3.8, 4) is 0 Å². The van der Waals surface area contributed by atoms with Crippen molar-refractivity contribution < 1.29 is 8.42 Å². The van der Waals surface area contributed by atoms with Crippen molar-refractivity contribution in [3.05, 3.63) is 62.9 Å². The number of hydrogen-bond donors (Lipinski definition) is 2. The molecule has 18 heavy (non-hydrogen) atoms. The molecular formula is C11H10N2O4S. The van der Waals surface area contributed by atoms with Gasteiger partial charge in [0.25, 0.3) is 5.56 Å². The average Bonchev–Trinajstić information content (AvgIpc) is 2.28. The van der Waals surface area contributed by atoms with Gasteiger partial charge in [0, 0.05) is 11.8 Å². The molecule has 0 fully saturated rings. The standard InChI is InChI=1S/C11H10N2O4S/c14-10-6-8(12-11(15)13-10)7-18(16,17)9-4-2-1-3-5-9/h1-6H,7H2,(H2,12,13,14,15). The molecule has 0 aliphatic rings. The summed E-state index contributed by atoms with van der Waals surface area (Å²) in [5.41, 5.74) is -1.29. The van der Waals surface area contributed by atoms with Gasteiger partial charge in [0.2, 0.25) is 0 Å². The summed E-state index contributed by atoms with van der Waals surface area (Å²) in [7, 11) is -3.57. The highest BCUT2D eigenvalue weighted by Gasteiger charge is 2.15. The molecule has 1 aromatic heterocycles. The third kappa shape index (κ3) is 2.75. The lowest BCUT2D eigenvalue weighted by molar-refractivity contribution is 0.594. The summed E-state index contributed by atoms with van der Waals surface area (Å²) in [5.74, 6) is -0.420. The fraction of sp³-hybridized carbons (Fsp3) is 0.0909. The molecular weight excluding hydrogens is 256 g/mol. The Kier molecular flexibility index (Phi) is 3.15. The Hall–Kier alpha value is -2.15. The molecule has 0 unspecified atom stereocenters. The summed E-state index contributed by atoms with van der Waals surface area (Å²) in [6.07, 6.45) is 0. The zero-order chi connectivity index (χ0) is 13.2. The second kappa shape index (κ2) is 4.61. The topological polar surface area (TPSA) is 99.9 Å². The van der Waals surface area contributed by atoms with Crippen LogP contribution in [-0.2, 0) is 15.6 Å². The van der Waals surface area contributed by atoms with E-state index in [0.717, 1.165) is 6.07 Å². The molecule has 0 saturated heterocycles. The van der Waals surface area contributed by atoms with Crippen LogP contribution in [0.15, 0.2) is 50.9 Å². The predicted octanol–water partition coefficient (Wildman–Crippen LogP) is 0.0371. The molecule has 6 nitrogen and oxygen atoms in total. The Morgan fingerprint density at radius 3 is 2.28 bits per heavy atom. The van der Waals surface area contributed by atoms with E-state index in [0.29, 0.717) is 0 Å². The SMILES string of the molecule is O=c1cc(CS(=O)(=O)c2ccccc2)[nH]c(=O)[nH]1. The second-order valence-corrected chi connectivity index (χ2v) is 5.67. The maximum atomic E-state index is 12.0. The molecule has 2 N–H and O–H groups in total. The van der Waals surface area contributed by atoms with E-state index >= 15 is 0 Å². The van der Waals surface area contributed by atoms with Gasteiger partial charge in [-0.3, -0.25) is 9.78 Å². The molecule has 94 valence electrons. The van der Waals surface area contributed by atoms with Crippen LogP contribution >= 0.6 is 0 Å². The quantitative estimate of drug-likeness (QED) is 0.819. The van der Waals surface area contributed by atoms with Crippen LogP contribution in [0.2, 0.25) is 0 Å². The summed E-state index contributed by atoms with van der Waals surface area (Å²) < 4.78 is 24.0. The maximum Gasteiger partial charge on any atom is 0.325 e. The number of aromatic nitrogens is 2. The zero-order valence-corrected chi connectivity index (χ0v) is 10.0. The van der Waals surface area contributed by atoms with Crippen LogP contribution in [0, 0.1) is 0 Å². The highest BCUT2D eigenvalue weighted by atomic mass is 32.2. The Bertz CT molecular complexity index is 731. The lowest BCUT2D eigenvalue weighted by Gasteiger charge is -2.03. The van der Waals surface area contributed by atoms with Crippen LogP contribution in [0.4, 0.5) is 0 Å². The molecule has 0 aliphatic carbocycles. The molecule has 0 amide bonds.